The van der Waals surface area contributed by atoms with Gasteiger partial charge in [-0.2, -0.15) is 0 Å². The third-order valence-corrected chi connectivity index (χ3v) is 4.63. The van der Waals surface area contributed by atoms with Crippen molar-refractivity contribution in [1.29, 1.82) is 0 Å². The monoisotopic (exact) mass is 255 g/mol. The van der Waals surface area contributed by atoms with E-state index in [4.69, 9.17) is 0 Å². The number of hydrogen-bond donors (Lipinski definition) is 1. The van der Waals surface area contributed by atoms with Crippen molar-refractivity contribution in [3.63, 3.8) is 0 Å². The van der Waals surface area contributed by atoms with Gasteiger partial charge in [-0.05, 0) is 13.3 Å². The molecule has 0 fully saturated rings. The van der Waals surface area contributed by atoms with Crippen LogP contribution in [0.25, 0.3) is 0 Å². The molecular formula is C11H17N3S2. The van der Waals surface area contributed by atoms with Crippen LogP contribution in [0.5, 0.6) is 0 Å². The maximum atomic E-state index is 4.48. The fraction of sp³-hybridized carbons (Fsp3) is 0.636. The van der Waals surface area contributed by atoms with E-state index in [0.29, 0.717) is 5.25 Å². The molecule has 1 N–H and O–H groups in total. The fourth-order valence-corrected chi connectivity index (χ4v) is 3.16. The molecule has 1 aliphatic heterocycles. The van der Waals surface area contributed by atoms with Crippen molar-refractivity contribution >= 4 is 28.3 Å². The van der Waals surface area contributed by atoms with E-state index in [0.717, 1.165) is 29.7 Å². The van der Waals surface area contributed by atoms with E-state index in [1.165, 1.54) is 12.1 Å². The van der Waals surface area contributed by atoms with Crippen LogP contribution in [0.2, 0.25) is 0 Å². The lowest BCUT2D eigenvalue weighted by atomic mass is 10.3. The highest BCUT2D eigenvalue weighted by Crippen LogP contribution is 2.21. The smallest absolute Gasteiger partial charge is 0.156 e. The molecule has 1 aromatic heterocycles. The highest BCUT2D eigenvalue weighted by atomic mass is 32.2. The van der Waals surface area contributed by atoms with Crippen molar-refractivity contribution < 1.29 is 0 Å². The van der Waals surface area contributed by atoms with Crippen molar-refractivity contribution in [1.82, 2.24) is 10.3 Å². The zero-order valence-corrected chi connectivity index (χ0v) is 11.3. The largest absolute Gasteiger partial charge is 0.365 e. The SMILES string of the molecule is CCC1CN=C(NCCc2csc(C)n2)S1. The Balaban J connectivity index is 1.69. The number of rotatable bonds is 4. The third-order valence-electron chi connectivity index (χ3n) is 2.50. The minimum absolute atomic E-state index is 0.684. The summed E-state index contributed by atoms with van der Waals surface area (Å²) in [6, 6.07) is 0. The van der Waals surface area contributed by atoms with Crippen LogP contribution in [-0.2, 0) is 6.42 Å². The highest BCUT2D eigenvalue weighted by Gasteiger charge is 2.16. The Morgan fingerprint density at radius 2 is 2.44 bits per heavy atom. The average Bonchev–Trinajstić information content (AvgIpc) is 2.88. The molecule has 5 heteroatoms. The lowest BCUT2D eigenvalue weighted by Gasteiger charge is -2.05. The van der Waals surface area contributed by atoms with Crippen molar-refractivity contribution in [3.8, 4) is 0 Å². The summed E-state index contributed by atoms with van der Waals surface area (Å²) in [4.78, 5) is 8.91. The maximum Gasteiger partial charge on any atom is 0.156 e. The second-order valence-corrected chi connectivity index (χ2v) is 6.18. The van der Waals surface area contributed by atoms with Crippen LogP contribution in [0.15, 0.2) is 10.4 Å². The van der Waals surface area contributed by atoms with Gasteiger partial charge in [-0.1, -0.05) is 18.7 Å². The van der Waals surface area contributed by atoms with Crippen LogP contribution in [0.4, 0.5) is 0 Å². The van der Waals surface area contributed by atoms with Gasteiger partial charge in [-0.25, -0.2) is 4.98 Å². The Morgan fingerprint density at radius 1 is 1.56 bits per heavy atom. The van der Waals surface area contributed by atoms with E-state index in [1.54, 1.807) is 11.3 Å². The third kappa shape index (κ3) is 3.22. The molecule has 16 heavy (non-hydrogen) atoms. The number of thioether (sulfide) groups is 1. The van der Waals surface area contributed by atoms with Crippen LogP contribution in [0.3, 0.4) is 0 Å². The summed E-state index contributed by atoms with van der Waals surface area (Å²) in [6.07, 6.45) is 2.19. The van der Waals surface area contributed by atoms with Crippen molar-refractivity contribution in [2.75, 3.05) is 13.1 Å². The summed E-state index contributed by atoms with van der Waals surface area (Å²) in [5, 5.41) is 8.46. The molecule has 2 rings (SSSR count). The Labute approximate surface area is 105 Å². The number of amidine groups is 1. The average molecular weight is 255 g/mol. The molecule has 0 aliphatic carbocycles. The first kappa shape index (κ1) is 11.9. The van der Waals surface area contributed by atoms with Crippen molar-refractivity contribution in [3.05, 3.63) is 16.1 Å². The molecule has 0 spiro atoms. The van der Waals surface area contributed by atoms with Crippen molar-refractivity contribution in [2.24, 2.45) is 4.99 Å². The molecule has 0 saturated heterocycles. The van der Waals surface area contributed by atoms with Crippen LogP contribution >= 0.6 is 23.1 Å². The van der Waals surface area contributed by atoms with Gasteiger partial charge < -0.3 is 5.32 Å². The van der Waals surface area contributed by atoms with E-state index < -0.39 is 0 Å². The van der Waals surface area contributed by atoms with Gasteiger partial charge in [0.05, 0.1) is 17.2 Å². The predicted molar refractivity (Wildman–Crippen MR) is 72.5 cm³/mol. The molecule has 1 aliphatic rings. The number of aromatic nitrogens is 1. The zero-order valence-electron chi connectivity index (χ0n) is 9.69. The van der Waals surface area contributed by atoms with Gasteiger partial charge in [0.2, 0.25) is 0 Å². The number of aliphatic imine (C=N–C) groups is 1. The normalized spacial score (nSPS) is 19.9. The number of thiazole rings is 1. The molecule has 0 aromatic carbocycles. The maximum absolute atomic E-state index is 4.48. The van der Waals surface area contributed by atoms with E-state index >= 15 is 0 Å². The Hall–Kier alpha value is -0.550. The number of nitrogens with one attached hydrogen (secondary N) is 1. The first-order valence-electron chi connectivity index (χ1n) is 5.64. The van der Waals surface area contributed by atoms with Gasteiger partial charge in [0.1, 0.15) is 0 Å². The van der Waals surface area contributed by atoms with Gasteiger partial charge in [0.15, 0.2) is 5.17 Å². The molecule has 0 radical (unpaired) electrons. The van der Waals surface area contributed by atoms with E-state index in [-0.39, 0.29) is 0 Å². The summed E-state index contributed by atoms with van der Waals surface area (Å²) < 4.78 is 0. The Morgan fingerprint density at radius 3 is 3.06 bits per heavy atom. The molecule has 88 valence electrons. The lowest BCUT2D eigenvalue weighted by Crippen LogP contribution is -2.22. The molecular weight excluding hydrogens is 238 g/mol. The van der Waals surface area contributed by atoms with Gasteiger partial charge in [-0.15, -0.1) is 11.3 Å². The minimum atomic E-state index is 0.684. The quantitative estimate of drug-likeness (QED) is 0.898. The van der Waals surface area contributed by atoms with Crippen LogP contribution in [0, 0.1) is 6.92 Å². The molecule has 1 atom stereocenters. The number of aryl methyl sites for hydroxylation is 1. The number of hydrogen-bond acceptors (Lipinski definition) is 5. The standard InChI is InChI=1S/C11H17N3S2/c1-3-10-6-13-11(16-10)12-5-4-9-7-15-8(2)14-9/h7,10H,3-6H2,1-2H3,(H,12,13). The van der Waals surface area contributed by atoms with Crippen molar-refractivity contribution in [2.45, 2.75) is 31.9 Å². The van der Waals surface area contributed by atoms with Gasteiger partial charge >= 0.3 is 0 Å². The summed E-state index contributed by atoms with van der Waals surface area (Å²) in [6.45, 7) is 6.17. The highest BCUT2D eigenvalue weighted by molar-refractivity contribution is 8.14. The topological polar surface area (TPSA) is 37.3 Å². The molecule has 0 amide bonds. The van der Waals surface area contributed by atoms with E-state index in [2.05, 4.69) is 27.6 Å². The second-order valence-electron chi connectivity index (χ2n) is 3.83. The van der Waals surface area contributed by atoms with Gasteiger partial charge in [-0.3, -0.25) is 4.99 Å². The molecule has 0 bridgehead atoms. The Kier molecular flexibility index (Phi) is 4.23. The lowest BCUT2D eigenvalue weighted by molar-refractivity contribution is 0.831. The van der Waals surface area contributed by atoms with Gasteiger partial charge in [0.25, 0.3) is 0 Å². The first-order chi connectivity index (χ1) is 7.78. The number of nitrogens with zero attached hydrogens (tertiary/aromatic N) is 2. The molecule has 3 nitrogen and oxygen atoms in total. The zero-order chi connectivity index (χ0) is 11.4. The fourth-order valence-electron chi connectivity index (χ4n) is 1.55. The molecule has 1 aromatic rings. The summed E-state index contributed by atoms with van der Waals surface area (Å²) in [5.74, 6) is 0. The Bertz CT molecular complexity index is 373. The second kappa shape index (κ2) is 5.68. The van der Waals surface area contributed by atoms with Crippen LogP contribution in [-0.4, -0.2) is 28.5 Å². The summed E-state index contributed by atoms with van der Waals surface area (Å²) in [7, 11) is 0. The minimum Gasteiger partial charge on any atom is -0.365 e. The van der Waals surface area contributed by atoms with Gasteiger partial charge in [0, 0.05) is 23.6 Å². The molecule has 2 heterocycles. The van der Waals surface area contributed by atoms with E-state index in [1.807, 2.05) is 18.7 Å². The summed E-state index contributed by atoms with van der Waals surface area (Å²) >= 11 is 3.59. The van der Waals surface area contributed by atoms with Crippen LogP contribution < -0.4 is 5.32 Å². The molecule has 0 saturated carbocycles. The first-order valence-corrected chi connectivity index (χ1v) is 7.40. The van der Waals surface area contributed by atoms with E-state index in [9.17, 15) is 0 Å². The van der Waals surface area contributed by atoms with Crippen LogP contribution in [0.1, 0.15) is 24.0 Å². The molecule has 1 unspecified atom stereocenters. The summed E-state index contributed by atoms with van der Waals surface area (Å²) in [5.41, 5.74) is 1.19. The predicted octanol–water partition coefficient (Wildman–Crippen LogP) is 2.47.